The largest absolute Gasteiger partial charge is 0.468 e. The zero-order valence-corrected chi connectivity index (χ0v) is 12.4. The van der Waals surface area contributed by atoms with Crippen molar-refractivity contribution in [2.75, 3.05) is 7.11 Å². The molecule has 2 fully saturated rings. The van der Waals surface area contributed by atoms with Crippen molar-refractivity contribution in [3.8, 4) is 0 Å². The number of nitrogens with one attached hydrogen (secondary N) is 1. The minimum Gasteiger partial charge on any atom is -0.468 e. The third-order valence-electron chi connectivity index (χ3n) is 4.87. The average molecular weight is 267 g/mol. The zero-order valence-electron chi connectivity index (χ0n) is 12.4. The van der Waals surface area contributed by atoms with E-state index in [0.29, 0.717) is 6.04 Å². The maximum atomic E-state index is 12.3. The highest BCUT2D eigenvalue weighted by Gasteiger charge is 2.40. The van der Waals surface area contributed by atoms with Crippen LogP contribution in [0.25, 0.3) is 0 Å². The quantitative estimate of drug-likeness (QED) is 0.627. The molecule has 2 aliphatic carbocycles. The van der Waals surface area contributed by atoms with E-state index in [0.717, 1.165) is 25.7 Å². The molecule has 3 heteroatoms. The summed E-state index contributed by atoms with van der Waals surface area (Å²) in [5.41, 5.74) is -0.389. The van der Waals surface area contributed by atoms with E-state index >= 15 is 0 Å². The summed E-state index contributed by atoms with van der Waals surface area (Å²) in [4.78, 5) is 12.3. The summed E-state index contributed by atoms with van der Waals surface area (Å²) in [5, 5.41) is 3.73. The second-order valence-corrected chi connectivity index (χ2v) is 6.32. The Morgan fingerprint density at radius 1 is 0.947 bits per heavy atom. The molecule has 3 nitrogen and oxygen atoms in total. The lowest BCUT2D eigenvalue weighted by molar-refractivity contribution is -0.149. The molecule has 19 heavy (non-hydrogen) atoms. The van der Waals surface area contributed by atoms with E-state index < -0.39 is 0 Å². The lowest BCUT2D eigenvalue weighted by Crippen LogP contribution is -2.56. The first-order chi connectivity index (χ1) is 9.27. The highest BCUT2D eigenvalue weighted by molar-refractivity contribution is 5.80. The second kappa shape index (κ2) is 7.28. The number of hydrogen-bond acceptors (Lipinski definition) is 3. The first-order valence-electron chi connectivity index (χ1n) is 8.13. The molecule has 1 N–H and O–H groups in total. The molecule has 0 aliphatic heterocycles. The topological polar surface area (TPSA) is 38.3 Å². The Kier molecular flexibility index (Phi) is 5.68. The molecule has 0 unspecified atom stereocenters. The van der Waals surface area contributed by atoms with Gasteiger partial charge < -0.3 is 4.74 Å². The van der Waals surface area contributed by atoms with Gasteiger partial charge in [-0.1, -0.05) is 51.4 Å². The van der Waals surface area contributed by atoms with Crippen molar-refractivity contribution >= 4 is 5.97 Å². The van der Waals surface area contributed by atoms with Crippen LogP contribution in [-0.2, 0) is 9.53 Å². The predicted octanol–water partition coefficient (Wildman–Crippen LogP) is 3.56. The van der Waals surface area contributed by atoms with Crippen molar-refractivity contribution in [2.45, 2.75) is 88.6 Å². The van der Waals surface area contributed by atoms with Gasteiger partial charge in [-0.25, -0.2) is 0 Å². The first kappa shape index (κ1) is 14.8. The molecule has 0 aromatic rings. The van der Waals surface area contributed by atoms with E-state index in [1.54, 1.807) is 0 Å². The van der Waals surface area contributed by atoms with Crippen LogP contribution in [0, 0.1) is 0 Å². The highest BCUT2D eigenvalue weighted by Crippen LogP contribution is 2.30. The molecule has 0 aromatic carbocycles. The van der Waals surface area contributed by atoms with E-state index in [1.165, 1.54) is 58.5 Å². The Morgan fingerprint density at radius 2 is 1.47 bits per heavy atom. The Labute approximate surface area is 117 Å². The summed E-state index contributed by atoms with van der Waals surface area (Å²) in [6.07, 6.45) is 14.5. The zero-order chi connectivity index (χ0) is 13.6. The van der Waals surface area contributed by atoms with Crippen LogP contribution in [0.5, 0.6) is 0 Å². The van der Waals surface area contributed by atoms with Gasteiger partial charge in [0.15, 0.2) is 0 Å². The fourth-order valence-corrected chi connectivity index (χ4v) is 3.75. The van der Waals surface area contributed by atoms with E-state index in [-0.39, 0.29) is 11.5 Å². The summed E-state index contributed by atoms with van der Waals surface area (Å²) < 4.78 is 5.12. The molecular weight excluding hydrogens is 238 g/mol. The highest BCUT2D eigenvalue weighted by atomic mass is 16.5. The van der Waals surface area contributed by atoms with E-state index in [2.05, 4.69) is 5.32 Å². The smallest absolute Gasteiger partial charge is 0.326 e. The van der Waals surface area contributed by atoms with Crippen molar-refractivity contribution in [3.63, 3.8) is 0 Å². The van der Waals surface area contributed by atoms with Gasteiger partial charge in [0, 0.05) is 6.04 Å². The molecule has 0 bridgehead atoms. The number of esters is 1. The number of carbonyl (C=O) groups is 1. The maximum Gasteiger partial charge on any atom is 0.326 e. The van der Waals surface area contributed by atoms with Crippen molar-refractivity contribution in [1.29, 1.82) is 0 Å². The molecule has 2 rings (SSSR count). The van der Waals surface area contributed by atoms with Crippen LogP contribution < -0.4 is 5.32 Å². The van der Waals surface area contributed by atoms with Crippen molar-refractivity contribution in [1.82, 2.24) is 5.32 Å². The van der Waals surface area contributed by atoms with Gasteiger partial charge in [0.1, 0.15) is 5.54 Å². The summed E-state index contributed by atoms with van der Waals surface area (Å²) in [7, 11) is 1.53. The monoisotopic (exact) mass is 267 g/mol. The van der Waals surface area contributed by atoms with Crippen molar-refractivity contribution < 1.29 is 9.53 Å². The minimum absolute atomic E-state index is 0.0290. The van der Waals surface area contributed by atoms with Crippen LogP contribution in [-0.4, -0.2) is 24.7 Å². The Hall–Kier alpha value is -0.570. The summed E-state index contributed by atoms with van der Waals surface area (Å²) >= 11 is 0. The lowest BCUT2D eigenvalue weighted by atomic mass is 9.88. The SMILES string of the molecule is COC(=O)C1(NC2CCCCCC2)CCCCCC1. The van der Waals surface area contributed by atoms with Gasteiger partial charge in [-0.2, -0.15) is 0 Å². The van der Waals surface area contributed by atoms with Gasteiger partial charge in [-0.15, -0.1) is 0 Å². The molecular formula is C16H29NO2. The molecule has 0 amide bonds. The van der Waals surface area contributed by atoms with Gasteiger partial charge in [-0.3, -0.25) is 10.1 Å². The normalized spacial score (nSPS) is 25.3. The standard InChI is InChI=1S/C16H29NO2/c1-19-15(18)16(12-8-4-5-9-13-16)17-14-10-6-2-3-7-11-14/h14,17H,2-13H2,1H3. The Morgan fingerprint density at radius 3 is 2.00 bits per heavy atom. The van der Waals surface area contributed by atoms with Gasteiger partial charge in [0.05, 0.1) is 7.11 Å². The fourth-order valence-electron chi connectivity index (χ4n) is 3.75. The van der Waals surface area contributed by atoms with Crippen molar-refractivity contribution in [2.24, 2.45) is 0 Å². The van der Waals surface area contributed by atoms with Crippen LogP contribution in [0.4, 0.5) is 0 Å². The van der Waals surface area contributed by atoms with Crippen LogP contribution in [0.3, 0.4) is 0 Å². The van der Waals surface area contributed by atoms with Crippen LogP contribution in [0.15, 0.2) is 0 Å². The molecule has 0 heterocycles. The third-order valence-corrected chi connectivity index (χ3v) is 4.87. The molecule has 0 aromatic heterocycles. The van der Waals surface area contributed by atoms with Crippen LogP contribution in [0.2, 0.25) is 0 Å². The number of rotatable bonds is 3. The number of hydrogen-bond donors (Lipinski definition) is 1. The molecule has 0 spiro atoms. The third kappa shape index (κ3) is 3.95. The average Bonchev–Trinajstić information content (AvgIpc) is 2.81. The maximum absolute atomic E-state index is 12.3. The molecule has 2 aliphatic rings. The molecule has 0 radical (unpaired) electrons. The van der Waals surface area contributed by atoms with E-state index in [1.807, 2.05) is 0 Å². The first-order valence-corrected chi connectivity index (χ1v) is 8.13. The van der Waals surface area contributed by atoms with Crippen LogP contribution in [0.1, 0.15) is 77.0 Å². The molecule has 0 saturated heterocycles. The van der Waals surface area contributed by atoms with Gasteiger partial charge in [-0.05, 0) is 25.7 Å². The summed E-state index contributed by atoms with van der Waals surface area (Å²) in [6.45, 7) is 0. The van der Waals surface area contributed by atoms with Crippen molar-refractivity contribution in [3.05, 3.63) is 0 Å². The predicted molar refractivity (Wildman–Crippen MR) is 77.1 cm³/mol. The van der Waals surface area contributed by atoms with E-state index in [4.69, 9.17) is 4.74 Å². The number of carbonyl (C=O) groups excluding carboxylic acids is 1. The van der Waals surface area contributed by atoms with Crippen LogP contribution >= 0.6 is 0 Å². The Bertz CT molecular complexity index is 274. The van der Waals surface area contributed by atoms with Gasteiger partial charge in [0.25, 0.3) is 0 Å². The summed E-state index contributed by atoms with van der Waals surface area (Å²) in [6, 6.07) is 0.514. The number of methoxy groups -OCH3 is 1. The molecule has 0 atom stereocenters. The Balaban J connectivity index is 2.05. The minimum atomic E-state index is -0.389. The van der Waals surface area contributed by atoms with Gasteiger partial charge in [0.2, 0.25) is 0 Å². The second-order valence-electron chi connectivity index (χ2n) is 6.32. The fraction of sp³-hybridized carbons (Fsp3) is 0.938. The molecule has 110 valence electrons. The number of ether oxygens (including phenoxy) is 1. The van der Waals surface area contributed by atoms with Gasteiger partial charge >= 0.3 is 5.97 Å². The molecule has 2 saturated carbocycles. The van der Waals surface area contributed by atoms with E-state index in [9.17, 15) is 4.79 Å². The summed E-state index contributed by atoms with van der Waals surface area (Å²) in [5.74, 6) is -0.0290. The lowest BCUT2D eigenvalue weighted by Gasteiger charge is -2.35.